The first-order valence-electron chi connectivity index (χ1n) is 12.5. The average Bonchev–Trinajstić information content (AvgIpc) is 2.93. The standard InChI is InChI=1S/C29H32N6O2/c1-21-8-9-25(18-27(21)37-29-31-12-10-26(33-29)24-7-4-11-30-19-24)32-28(36)23-6-3-5-22(17-23)20-35-15-13-34(2)14-16-35/h3-12,17-19,28,32,36H,13-16,20H2,1-2H3. The summed E-state index contributed by atoms with van der Waals surface area (Å²) in [5.74, 6) is 0.615. The zero-order valence-electron chi connectivity index (χ0n) is 21.2. The number of likely N-dealkylation sites (N-methyl/N-ethyl adjacent to an activating group) is 1. The van der Waals surface area contributed by atoms with Crippen molar-refractivity contribution in [3.8, 4) is 23.0 Å². The maximum atomic E-state index is 10.9. The second kappa shape index (κ2) is 11.5. The summed E-state index contributed by atoms with van der Waals surface area (Å²) in [4.78, 5) is 17.8. The SMILES string of the molecule is Cc1ccc(NC(O)c2cccc(CN3CCN(C)CC3)c2)cc1Oc1nccc(-c2cccnc2)n1. The number of ether oxygens (including phenoxy) is 1. The zero-order chi connectivity index (χ0) is 25.6. The van der Waals surface area contributed by atoms with Gasteiger partial charge in [0.1, 0.15) is 5.75 Å². The van der Waals surface area contributed by atoms with Crippen molar-refractivity contribution < 1.29 is 9.84 Å². The molecule has 190 valence electrons. The van der Waals surface area contributed by atoms with E-state index in [1.165, 1.54) is 5.56 Å². The number of aryl methyl sites for hydroxylation is 1. The summed E-state index contributed by atoms with van der Waals surface area (Å²) in [5, 5.41) is 14.1. The fraction of sp³-hybridized carbons (Fsp3) is 0.276. The van der Waals surface area contributed by atoms with Crippen LogP contribution in [0.5, 0.6) is 11.8 Å². The Morgan fingerprint density at radius 1 is 1.00 bits per heavy atom. The fourth-order valence-electron chi connectivity index (χ4n) is 4.33. The summed E-state index contributed by atoms with van der Waals surface area (Å²) < 4.78 is 6.04. The molecule has 1 fully saturated rings. The number of aliphatic hydroxyl groups excluding tert-OH is 1. The smallest absolute Gasteiger partial charge is 0.322 e. The van der Waals surface area contributed by atoms with Gasteiger partial charge in [-0.15, -0.1) is 0 Å². The Labute approximate surface area is 217 Å². The molecule has 1 unspecified atom stereocenters. The number of hydrogen-bond donors (Lipinski definition) is 2. The van der Waals surface area contributed by atoms with E-state index in [1.54, 1.807) is 18.6 Å². The number of piperazine rings is 1. The number of pyridine rings is 1. The fourth-order valence-corrected chi connectivity index (χ4v) is 4.33. The molecule has 0 spiro atoms. The molecule has 1 atom stereocenters. The van der Waals surface area contributed by atoms with Gasteiger partial charge in [-0.3, -0.25) is 9.88 Å². The van der Waals surface area contributed by atoms with Crippen molar-refractivity contribution in [2.45, 2.75) is 19.7 Å². The highest BCUT2D eigenvalue weighted by atomic mass is 16.5. The van der Waals surface area contributed by atoms with Crippen LogP contribution in [0.3, 0.4) is 0 Å². The zero-order valence-corrected chi connectivity index (χ0v) is 21.2. The predicted molar refractivity (Wildman–Crippen MR) is 144 cm³/mol. The Morgan fingerprint density at radius 2 is 1.86 bits per heavy atom. The highest BCUT2D eigenvalue weighted by Crippen LogP contribution is 2.29. The van der Waals surface area contributed by atoms with Crippen molar-refractivity contribution in [3.05, 3.63) is 95.9 Å². The Balaban J connectivity index is 1.26. The van der Waals surface area contributed by atoms with E-state index in [2.05, 4.69) is 49.2 Å². The third-order valence-electron chi connectivity index (χ3n) is 6.55. The number of aliphatic hydroxyl groups is 1. The summed E-state index contributed by atoms with van der Waals surface area (Å²) in [6, 6.07) is 19.7. The molecular weight excluding hydrogens is 464 g/mol. The van der Waals surface area contributed by atoms with Crippen LogP contribution in [-0.4, -0.2) is 63.1 Å². The molecule has 0 radical (unpaired) electrons. The van der Waals surface area contributed by atoms with Gasteiger partial charge in [0.2, 0.25) is 0 Å². The number of rotatable bonds is 8. The molecule has 1 aliphatic heterocycles. The lowest BCUT2D eigenvalue weighted by atomic mass is 10.1. The van der Waals surface area contributed by atoms with Crippen LogP contribution >= 0.6 is 0 Å². The van der Waals surface area contributed by atoms with Crippen molar-refractivity contribution in [3.63, 3.8) is 0 Å². The topological polar surface area (TPSA) is 86.6 Å². The summed E-state index contributed by atoms with van der Waals surface area (Å²) >= 11 is 0. The van der Waals surface area contributed by atoms with E-state index in [0.29, 0.717) is 5.75 Å². The van der Waals surface area contributed by atoms with Crippen molar-refractivity contribution in [1.82, 2.24) is 24.8 Å². The Morgan fingerprint density at radius 3 is 2.68 bits per heavy atom. The first-order chi connectivity index (χ1) is 18.0. The van der Waals surface area contributed by atoms with Crippen molar-refractivity contribution in [2.24, 2.45) is 0 Å². The van der Waals surface area contributed by atoms with Crippen LogP contribution in [-0.2, 0) is 6.54 Å². The molecule has 2 N–H and O–H groups in total. The van der Waals surface area contributed by atoms with Gasteiger partial charge in [0, 0.05) is 74.2 Å². The molecule has 1 aliphatic rings. The molecule has 37 heavy (non-hydrogen) atoms. The molecule has 4 aromatic rings. The Hall–Kier alpha value is -3.85. The van der Waals surface area contributed by atoms with Gasteiger partial charge in [0.05, 0.1) is 5.69 Å². The van der Waals surface area contributed by atoms with Crippen molar-refractivity contribution in [1.29, 1.82) is 0 Å². The molecule has 1 saturated heterocycles. The molecule has 3 heterocycles. The number of hydrogen-bond acceptors (Lipinski definition) is 8. The second-order valence-corrected chi connectivity index (χ2v) is 9.42. The minimum atomic E-state index is -0.854. The normalized spacial score (nSPS) is 15.3. The average molecular weight is 497 g/mol. The van der Waals surface area contributed by atoms with E-state index in [-0.39, 0.29) is 6.01 Å². The first kappa shape index (κ1) is 24.8. The van der Waals surface area contributed by atoms with E-state index in [0.717, 1.165) is 60.8 Å². The predicted octanol–water partition coefficient (Wildman–Crippen LogP) is 4.49. The third kappa shape index (κ3) is 6.48. The van der Waals surface area contributed by atoms with Gasteiger partial charge >= 0.3 is 6.01 Å². The van der Waals surface area contributed by atoms with Crippen LogP contribution in [0.25, 0.3) is 11.3 Å². The largest absolute Gasteiger partial charge is 0.424 e. The van der Waals surface area contributed by atoms with Crippen LogP contribution in [0.1, 0.15) is 22.9 Å². The number of aromatic nitrogens is 3. The van der Waals surface area contributed by atoms with Gasteiger partial charge in [-0.25, -0.2) is 4.98 Å². The van der Waals surface area contributed by atoms with E-state index < -0.39 is 6.23 Å². The minimum absolute atomic E-state index is 0.249. The van der Waals surface area contributed by atoms with Gasteiger partial charge < -0.3 is 20.1 Å². The van der Waals surface area contributed by atoms with Crippen LogP contribution in [0, 0.1) is 6.92 Å². The quantitative estimate of drug-likeness (QED) is 0.345. The maximum absolute atomic E-state index is 10.9. The molecule has 8 nitrogen and oxygen atoms in total. The van der Waals surface area contributed by atoms with Crippen molar-refractivity contribution in [2.75, 3.05) is 38.5 Å². The maximum Gasteiger partial charge on any atom is 0.322 e. The van der Waals surface area contributed by atoms with Gasteiger partial charge in [-0.05, 0) is 49.4 Å². The molecule has 8 heteroatoms. The van der Waals surface area contributed by atoms with Crippen LogP contribution < -0.4 is 10.1 Å². The molecular formula is C29H32N6O2. The lowest BCUT2D eigenvalue weighted by molar-refractivity contribution is 0.148. The van der Waals surface area contributed by atoms with Crippen LogP contribution in [0.4, 0.5) is 5.69 Å². The van der Waals surface area contributed by atoms with E-state index in [1.807, 2.05) is 55.5 Å². The molecule has 5 rings (SSSR count). The molecule has 2 aromatic carbocycles. The lowest BCUT2D eigenvalue weighted by Gasteiger charge is -2.32. The highest BCUT2D eigenvalue weighted by Gasteiger charge is 2.15. The van der Waals surface area contributed by atoms with Crippen LogP contribution in [0.15, 0.2) is 79.3 Å². The summed E-state index contributed by atoms with van der Waals surface area (Å²) in [6.07, 6.45) is 4.29. The number of benzene rings is 2. The van der Waals surface area contributed by atoms with Gasteiger partial charge in [0.15, 0.2) is 6.23 Å². The number of anilines is 1. The molecule has 2 aromatic heterocycles. The lowest BCUT2D eigenvalue weighted by Crippen LogP contribution is -2.43. The molecule has 0 bridgehead atoms. The minimum Gasteiger partial charge on any atom is -0.424 e. The van der Waals surface area contributed by atoms with E-state index in [4.69, 9.17) is 4.74 Å². The van der Waals surface area contributed by atoms with Gasteiger partial charge in [-0.1, -0.05) is 30.3 Å². The Kier molecular flexibility index (Phi) is 7.70. The molecule has 0 aliphatic carbocycles. The van der Waals surface area contributed by atoms with Crippen LogP contribution in [0.2, 0.25) is 0 Å². The molecule has 0 saturated carbocycles. The van der Waals surface area contributed by atoms with Gasteiger partial charge in [0.25, 0.3) is 0 Å². The highest BCUT2D eigenvalue weighted by molar-refractivity contribution is 5.57. The second-order valence-electron chi connectivity index (χ2n) is 9.42. The van der Waals surface area contributed by atoms with E-state index >= 15 is 0 Å². The van der Waals surface area contributed by atoms with Crippen molar-refractivity contribution >= 4 is 5.69 Å². The molecule has 0 amide bonds. The van der Waals surface area contributed by atoms with E-state index in [9.17, 15) is 5.11 Å². The number of nitrogens with one attached hydrogen (secondary N) is 1. The Bertz CT molecular complexity index is 1330. The summed E-state index contributed by atoms with van der Waals surface area (Å²) in [5.41, 5.74) is 5.31. The monoisotopic (exact) mass is 496 g/mol. The van der Waals surface area contributed by atoms with Gasteiger partial charge in [-0.2, -0.15) is 4.98 Å². The first-order valence-corrected chi connectivity index (χ1v) is 12.5. The summed E-state index contributed by atoms with van der Waals surface area (Å²) in [6.45, 7) is 7.13. The summed E-state index contributed by atoms with van der Waals surface area (Å²) in [7, 11) is 2.16. The number of nitrogens with zero attached hydrogens (tertiary/aromatic N) is 5. The third-order valence-corrected chi connectivity index (χ3v) is 6.55.